The second-order valence-corrected chi connectivity index (χ2v) is 8.33. The number of rotatable bonds is 5. The van der Waals surface area contributed by atoms with Crippen LogP contribution >= 0.6 is 11.3 Å². The maximum absolute atomic E-state index is 12.7. The average molecular weight is 404 g/mol. The minimum Gasteiger partial charge on any atom is -0.368 e. The van der Waals surface area contributed by atoms with E-state index in [2.05, 4.69) is 15.5 Å². The van der Waals surface area contributed by atoms with E-state index in [0.717, 1.165) is 40.4 Å². The molecule has 8 nitrogen and oxygen atoms in total. The topological polar surface area (TPSA) is 97.6 Å². The number of carbonyl (C=O) groups is 2. The Morgan fingerprint density at radius 2 is 2.21 bits per heavy atom. The number of nitrogens with one attached hydrogen (secondary N) is 1. The highest BCUT2D eigenvalue weighted by Crippen LogP contribution is 2.29. The molecule has 0 bridgehead atoms. The Morgan fingerprint density at radius 1 is 1.36 bits per heavy atom. The van der Waals surface area contributed by atoms with Gasteiger partial charge in [-0.15, -0.1) is 0 Å². The summed E-state index contributed by atoms with van der Waals surface area (Å²) in [6.45, 7) is 5.60. The number of amides is 2. The summed E-state index contributed by atoms with van der Waals surface area (Å²) in [6.07, 6.45) is 3.07. The van der Waals surface area contributed by atoms with Gasteiger partial charge in [0.25, 0.3) is 5.91 Å². The van der Waals surface area contributed by atoms with Crippen molar-refractivity contribution in [3.8, 4) is 0 Å². The van der Waals surface area contributed by atoms with Crippen molar-refractivity contribution in [1.29, 1.82) is 0 Å². The summed E-state index contributed by atoms with van der Waals surface area (Å²) in [7, 11) is 0. The first kappa shape index (κ1) is 19.1. The molecule has 0 spiro atoms. The molecule has 2 aromatic heterocycles. The Hall–Kier alpha value is -2.26. The lowest BCUT2D eigenvalue weighted by Gasteiger charge is -2.26. The molecular weight excluding hydrogens is 380 g/mol. The van der Waals surface area contributed by atoms with E-state index < -0.39 is 0 Å². The normalized spacial score (nSPS) is 18.9. The molecule has 9 heteroatoms. The van der Waals surface area contributed by atoms with Crippen LogP contribution < -0.4 is 5.32 Å². The molecule has 4 heterocycles. The maximum Gasteiger partial charge on any atom is 0.255 e. The Kier molecular flexibility index (Phi) is 5.45. The van der Waals surface area contributed by atoms with Gasteiger partial charge in [0.1, 0.15) is 11.9 Å². The summed E-state index contributed by atoms with van der Waals surface area (Å²) in [6, 6.07) is 0. The molecule has 2 aromatic rings. The van der Waals surface area contributed by atoms with E-state index in [9.17, 15) is 9.59 Å². The largest absolute Gasteiger partial charge is 0.368 e. The zero-order valence-electron chi connectivity index (χ0n) is 16.1. The molecule has 1 unspecified atom stereocenters. The van der Waals surface area contributed by atoms with Gasteiger partial charge >= 0.3 is 0 Å². The molecule has 2 aliphatic rings. The van der Waals surface area contributed by atoms with Crippen LogP contribution in [0.4, 0.5) is 5.13 Å². The van der Waals surface area contributed by atoms with Crippen LogP contribution in [0.5, 0.6) is 0 Å². The lowest BCUT2D eigenvalue weighted by atomic mass is 10.1. The van der Waals surface area contributed by atoms with Crippen molar-refractivity contribution in [2.75, 3.05) is 18.5 Å². The standard InChI is InChI=1S/C19H24N4O4S/c1-11-13(12(2)27-22-11)5-6-17(24)23-8-7-14-16(10-23)28-19(20-14)21-18(25)15-4-3-9-26-15/h15H,3-10H2,1-2H3,(H,20,21,25). The molecule has 0 aromatic carbocycles. The van der Waals surface area contributed by atoms with Crippen LogP contribution in [0.3, 0.4) is 0 Å². The van der Waals surface area contributed by atoms with Crippen molar-refractivity contribution in [2.24, 2.45) is 0 Å². The molecule has 28 heavy (non-hydrogen) atoms. The summed E-state index contributed by atoms with van der Waals surface area (Å²) in [4.78, 5) is 32.3. The number of aromatic nitrogens is 2. The number of thiazole rings is 1. The Balaban J connectivity index is 1.34. The summed E-state index contributed by atoms with van der Waals surface area (Å²) >= 11 is 1.45. The number of aryl methyl sites for hydroxylation is 2. The second kappa shape index (κ2) is 8.00. The van der Waals surface area contributed by atoms with Gasteiger partial charge in [-0.1, -0.05) is 16.5 Å². The molecule has 1 saturated heterocycles. The number of carbonyl (C=O) groups excluding carboxylic acids is 2. The van der Waals surface area contributed by atoms with Crippen molar-refractivity contribution in [3.63, 3.8) is 0 Å². The molecule has 1 atom stereocenters. The number of nitrogens with zero attached hydrogens (tertiary/aromatic N) is 3. The van der Waals surface area contributed by atoms with Gasteiger partial charge in [-0.25, -0.2) is 4.98 Å². The van der Waals surface area contributed by atoms with Crippen LogP contribution in [0.15, 0.2) is 4.52 Å². The van der Waals surface area contributed by atoms with E-state index in [1.54, 1.807) is 0 Å². The molecule has 4 rings (SSSR count). The van der Waals surface area contributed by atoms with E-state index in [4.69, 9.17) is 9.26 Å². The Morgan fingerprint density at radius 3 is 2.93 bits per heavy atom. The first-order valence-electron chi connectivity index (χ1n) is 9.62. The van der Waals surface area contributed by atoms with Crippen molar-refractivity contribution in [3.05, 3.63) is 27.6 Å². The van der Waals surface area contributed by atoms with E-state index in [1.165, 1.54) is 11.3 Å². The Labute approximate surface area is 167 Å². The number of hydrogen-bond acceptors (Lipinski definition) is 7. The summed E-state index contributed by atoms with van der Waals surface area (Å²) < 4.78 is 10.6. The molecule has 0 radical (unpaired) electrons. The summed E-state index contributed by atoms with van der Waals surface area (Å²) in [5.41, 5.74) is 2.84. The average Bonchev–Trinajstić information content (AvgIpc) is 3.40. The highest BCUT2D eigenvalue weighted by molar-refractivity contribution is 7.15. The highest BCUT2D eigenvalue weighted by Gasteiger charge is 2.27. The predicted molar refractivity (Wildman–Crippen MR) is 103 cm³/mol. The highest BCUT2D eigenvalue weighted by atomic mass is 32.1. The lowest BCUT2D eigenvalue weighted by Crippen LogP contribution is -2.35. The van der Waals surface area contributed by atoms with Crippen molar-refractivity contribution < 1.29 is 18.8 Å². The minimum absolute atomic E-state index is 0.115. The van der Waals surface area contributed by atoms with Crippen molar-refractivity contribution >= 4 is 28.3 Å². The van der Waals surface area contributed by atoms with E-state index >= 15 is 0 Å². The quantitative estimate of drug-likeness (QED) is 0.822. The first-order chi connectivity index (χ1) is 13.5. The van der Waals surface area contributed by atoms with Crippen LogP contribution in [0.25, 0.3) is 0 Å². The SMILES string of the molecule is Cc1noc(C)c1CCC(=O)N1CCc2nc(NC(=O)C3CCCO3)sc2C1. The predicted octanol–water partition coefficient (Wildman–Crippen LogP) is 2.38. The van der Waals surface area contributed by atoms with Gasteiger partial charge in [-0.2, -0.15) is 0 Å². The van der Waals surface area contributed by atoms with Gasteiger partial charge in [-0.3, -0.25) is 14.9 Å². The van der Waals surface area contributed by atoms with Gasteiger partial charge < -0.3 is 14.2 Å². The molecule has 1 fully saturated rings. The summed E-state index contributed by atoms with van der Waals surface area (Å²) in [5, 5.41) is 7.40. The molecule has 150 valence electrons. The lowest BCUT2D eigenvalue weighted by molar-refractivity contribution is -0.132. The molecule has 0 aliphatic carbocycles. The van der Waals surface area contributed by atoms with E-state index in [1.807, 2.05) is 18.7 Å². The fourth-order valence-electron chi connectivity index (χ4n) is 3.68. The zero-order chi connectivity index (χ0) is 19.7. The van der Waals surface area contributed by atoms with Gasteiger partial charge in [-0.05, 0) is 33.1 Å². The van der Waals surface area contributed by atoms with Crippen LogP contribution in [0, 0.1) is 13.8 Å². The summed E-state index contributed by atoms with van der Waals surface area (Å²) in [5.74, 6) is 0.764. The number of ether oxygens (including phenoxy) is 1. The molecule has 1 N–H and O–H groups in total. The monoisotopic (exact) mass is 404 g/mol. The van der Waals surface area contributed by atoms with Gasteiger partial charge in [0.05, 0.1) is 17.9 Å². The zero-order valence-corrected chi connectivity index (χ0v) is 16.9. The van der Waals surface area contributed by atoms with E-state index in [-0.39, 0.29) is 17.9 Å². The van der Waals surface area contributed by atoms with Gasteiger partial charge in [0, 0.05) is 36.4 Å². The van der Waals surface area contributed by atoms with Crippen molar-refractivity contribution in [2.45, 2.75) is 58.6 Å². The molecule has 2 amide bonds. The van der Waals surface area contributed by atoms with Gasteiger partial charge in [0.2, 0.25) is 5.91 Å². The minimum atomic E-state index is -0.372. The Bertz CT molecular complexity index is 865. The van der Waals surface area contributed by atoms with Crippen LogP contribution in [-0.2, 0) is 33.7 Å². The first-order valence-corrected chi connectivity index (χ1v) is 10.4. The fourth-order valence-corrected chi connectivity index (χ4v) is 4.71. The van der Waals surface area contributed by atoms with Crippen LogP contribution in [0.1, 0.15) is 46.9 Å². The second-order valence-electron chi connectivity index (χ2n) is 7.25. The molecule has 2 aliphatic heterocycles. The number of anilines is 1. The van der Waals surface area contributed by atoms with Crippen molar-refractivity contribution in [1.82, 2.24) is 15.0 Å². The number of hydrogen-bond donors (Lipinski definition) is 1. The molecule has 0 saturated carbocycles. The molecular formula is C19H24N4O4S. The third kappa shape index (κ3) is 3.95. The fraction of sp³-hybridized carbons (Fsp3) is 0.579. The maximum atomic E-state index is 12.7. The smallest absolute Gasteiger partial charge is 0.255 e. The van der Waals surface area contributed by atoms with Crippen LogP contribution in [-0.4, -0.2) is 46.1 Å². The number of fused-ring (bicyclic) bond motifs is 1. The third-order valence-corrected chi connectivity index (χ3v) is 6.30. The third-order valence-electron chi connectivity index (χ3n) is 5.31. The van der Waals surface area contributed by atoms with E-state index in [0.29, 0.717) is 44.1 Å². The van der Waals surface area contributed by atoms with Crippen LogP contribution in [0.2, 0.25) is 0 Å². The van der Waals surface area contributed by atoms with Gasteiger partial charge in [0.15, 0.2) is 5.13 Å².